The highest BCUT2D eigenvalue weighted by atomic mass is 16.6. The second-order valence-corrected chi connectivity index (χ2v) is 16.1. The van der Waals surface area contributed by atoms with Gasteiger partial charge in [-0.15, -0.1) is 0 Å². The summed E-state index contributed by atoms with van der Waals surface area (Å²) in [5.74, 6) is -0.652. The molecule has 14 heteroatoms. The Balaban J connectivity index is 0.000000139. The number of hydrogen-bond donors (Lipinski definition) is 0. The Labute approximate surface area is 314 Å². The molecule has 54 heavy (non-hydrogen) atoms. The maximum atomic E-state index is 11.5. The number of ether oxygens (including phenoxy) is 7. The fraction of sp³-hybridized carbons (Fsp3) is 0.625. The van der Waals surface area contributed by atoms with E-state index in [0.717, 1.165) is 25.7 Å². The lowest BCUT2D eigenvalue weighted by molar-refractivity contribution is -0.160. The summed E-state index contributed by atoms with van der Waals surface area (Å²) in [7, 11) is 0. The van der Waals surface area contributed by atoms with Crippen molar-refractivity contribution < 1.29 is 66.7 Å². The highest BCUT2D eigenvalue weighted by Crippen LogP contribution is 2.57. The van der Waals surface area contributed by atoms with Crippen LogP contribution in [0.25, 0.3) is 0 Å². The Bertz CT molecular complexity index is 1650. The third-order valence-electron chi connectivity index (χ3n) is 11.3. The summed E-state index contributed by atoms with van der Waals surface area (Å²) in [6, 6.07) is 0. The van der Waals surface area contributed by atoms with Gasteiger partial charge in [-0.2, -0.15) is 0 Å². The van der Waals surface area contributed by atoms with E-state index >= 15 is 0 Å². The predicted octanol–water partition coefficient (Wildman–Crippen LogP) is 4.05. The molecule has 4 heterocycles. The summed E-state index contributed by atoms with van der Waals surface area (Å²) < 4.78 is 34.9. The molecule has 4 saturated heterocycles. The van der Waals surface area contributed by atoms with Crippen molar-refractivity contribution in [3.63, 3.8) is 0 Å². The van der Waals surface area contributed by atoms with E-state index in [1.807, 2.05) is 13.8 Å². The van der Waals surface area contributed by atoms with Crippen LogP contribution in [0.4, 0.5) is 0 Å². The molecule has 0 radical (unpaired) electrons. The maximum absolute atomic E-state index is 11.5. The molecule has 0 amide bonds. The van der Waals surface area contributed by atoms with Gasteiger partial charge in [0.1, 0.15) is 18.8 Å². The molecule has 0 aromatic carbocycles. The van der Waals surface area contributed by atoms with Crippen LogP contribution in [-0.2, 0) is 66.7 Å². The van der Waals surface area contributed by atoms with E-state index in [1.54, 1.807) is 6.92 Å². The van der Waals surface area contributed by atoms with E-state index in [0.29, 0.717) is 43.0 Å². The summed E-state index contributed by atoms with van der Waals surface area (Å²) >= 11 is 0. The van der Waals surface area contributed by atoms with Crippen LogP contribution >= 0.6 is 0 Å². The van der Waals surface area contributed by atoms with Crippen LogP contribution in [-0.4, -0.2) is 86.0 Å². The Morgan fingerprint density at radius 1 is 0.759 bits per heavy atom. The van der Waals surface area contributed by atoms with Crippen molar-refractivity contribution in [3.8, 4) is 0 Å². The van der Waals surface area contributed by atoms with Crippen molar-refractivity contribution >= 4 is 41.8 Å². The van der Waals surface area contributed by atoms with Crippen LogP contribution in [0.1, 0.15) is 73.1 Å². The molecule has 294 valence electrons. The van der Waals surface area contributed by atoms with E-state index < -0.39 is 41.5 Å². The van der Waals surface area contributed by atoms with E-state index in [1.165, 1.54) is 20.3 Å². The zero-order valence-corrected chi connectivity index (χ0v) is 31.6. The number of fused-ring (bicyclic) bond motifs is 4. The molecule has 7 fully saturated rings. The lowest BCUT2D eigenvalue weighted by Gasteiger charge is -2.25. The predicted molar refractivity (Wildman–Crippen MR) is 187 cm³/mol. The van der Waals surface area contributed by atoms with Crippen LogP contribution in [0, 0.1) is 40.4 Å². The molecule has 4 bridgehead atoms. The van der Waals surface area contributed by atoms with Gasteiger partial charge in [-0.1, -0.05) is 45.7 Å². The van der Waals surface area contributed by atoms with Crippen molar-refractivity contribution in [1.29, 1.82) is 0 Å². The van der Waals surface area contributed by atoms with Gasteiger partial charge >= 0.3 is 41.8 Å². The molecule has 14 nitrogen and oxygen atoms in total. The van der Waals surface area contributed by atoms with Gasteiger partial charge < -0.3 is 33.2 Å². The van der Waals surface area contributed by atoms with Gasteiger partial charge in [0.15, 0.2) is 0 Å². The molecule has 0 N–H and O–H groups in total. The lowest BCUT2D eigenvalue weighted by atomic mass is 9.75. The molecular formula is C40H50O14. The third kappa shape index (κ3) is 8.32. The Kier molecular flexibility index (Phi) is 11.9. The molecule has 0 aromatic rings. The van der Waals surface area contributed by atoms with Gasteiger partial charge in [0.2, 0.25) is 12.2 Å². The Morgan fingerprint density at radius 2 is 1.41 bits per heavy atom. The molecule has 1 spiro atoms. The molecule has 8 aliphatic rings. The topological polar surface area (TPSA) is 184 Å². The monoisotopic (exact) mass is 754 g/mol. The molecule has 10 atom stereocenters. The second-order valence-electron chi connectivity index (χ2n) is 16.1. The number of carbonyl (C=O) groups is 7. The number of rotatable bonds is 6. The number of hydrogen-bond acceptors (Lipinski definition) is 14. The maximum Gasteiger partial charge on any atom is 0.348 e. The standard InChI is InChI=1S/C12H14O4.C10H14O4.C10H12O2.C8H10O4/c1-5(2)11(13)15-9-6-3-7-8(4-6)12(14)16-10(7)9;1-6(2)8(11)14-7-9(12)13-5-10(7,3)4;11-9-10(3-4-12-9)6-7-1-2-8(10)5-7;1-5(2)7(9)12-6-3-4-11-8(6)10/h6-10H,1,3-4H2,2H3;7H,1,5H2,2-4H3;1-2,7-8H,3-6H2;6H,1,3-4H2,2H3. The minimum absolute atomic E-state index is 0.0646. The average Bonchev–Trinajstić information content (AvgIpc) is 3.99. The van der Waals surface area contributed by atoms with Gasteiger partial charge in [0.05, 0.1) is 24.5 Å². The quantitative estimate of drug-likeness (QED) is 0.164. The largest absolute Gasteiger partial charge is 0.465 e. The normalized spacial score (nSPS) is 34.9. The van der Waals surface area contributed by atoms with Crippen LogP contribution < -0.4 is 0 Å². The van der Waals surface area contributed by atoms with Gasteiger partial charge in [-0.05, 0) is 64.7 Å². The zero-order chi connectivity index (χ0) is 39.7. The lowest BCUT2D eigenvalue weighted by Crippen LogP contribution is -2.36. The van der Waals surface area contributed by atoms with Crippen molar-refractivity contribution in [3.05, 3.63) is 48.6 Å². The first kappa shape index (κ1) is 40.4. The van der Waals surface area contributed by atoms with Gasteiger partial charge in [0, 0.05) is 40.4 Å². The van der Waals surface area contributed by atoms with Crippen LogP contribution in [0.15, 0.2) is 48.6 Å². The first-order valence-corrected chi connectivity index (χ1v) is 18.3. The summed E-state index contributed by atoms with van der Waals surface area (Å²) in [4.78, 5) is 78.6. The number of esters is 7. The second kappa shape index (κ2) is 15.9. The molecule has 3 saturated carbocycles. The minimum atomic E-state index is -0.813. The fourth-order valence-electron chi connectivity index (χ4n) is 8.29. The molecule has 4 aliphatic carbocycles. The molecule has 8 rings (SSSR count). The van der Waals surface area contributed by atoms with Gasteiger partial charge in [-0.3, -0.25) is 9.59 Å². The molecule has 10 unspecified atom stereocenters. The molecule has 4 aliphatic heterocycles. The van der Waals surface area contributed by atoms with Crippen LogP contribution in [0.3, 0.4) is 0 Å². The number of cyclic esters (lactones) is 3. The summed E-state index contributed by atoms with van der Waals surface area (Å²) in [5.41, 5.74) is 0.417. The van der Waals surface area contributed by atoms with Crippen molar-refractivity contribution in [2.24, 2.45) is 40.4 Å². The summed E-state index contributed by atoms with van der Waals surface area (Å²) in [6.45, 7) is 20.0. The van der Waals surface area contributed by atoms with E-state index in [2.05, 4.69) is 36.6 Å². The Morgan fingerprint density at radius 3 is 1.91 bits per heavy atom. The van der Waals surface area contributed by atoms with E-state index in [9.17, 15) is 33.6 Å². The van der Waals surface area contributed by atoms with Gasteiger partial charge in [0.25, 0.3) is 0 Å². The van der Waals surface area contributed by atoms with Gasteiger partial charge in [-0.25, -0.2) is 24.0 Å². The van der Waals surface area contributed by atoms with Crippen molar-refractivity contribution in [1.82, 2.24) is 0 Å². The van der Waals surface area contributed by atoms with Crippen molar-refractivity contribution in [2.75, 3.05) is 19.8 Å². The van der Waals surface area contributed by atoms with E-state index in [-0.39, 0.29) is 65.1 Å². The first-order valence-electron chi connectivity index (χ1n) is 18.3. The highest BCUT2D eigenvalue weighted by molar-refractivity contribution is 5.91. The fourth-order valence-corrected chi connectivity index (χ4v) is 8.29. The zero-order valence-electron chi connectivity index (χ0n) is 31.6. The summed E-state index contributed by atoms with van der Waals surface area (Å²) in [5, 5.41) is 0. The van der Waals surface area contributed by atoms with Crippen molar-refractivity contribution in [2.45, 2.75) is 97.6 Å². The smallest absolute Gasteiger partial charge is 0.348 e. The molecule has 0 aromatic heterocycles. The Hall–Kier alpha value is -4.75. The number of allylic oxidation sites excluding steroid dienone is 2. The highest BCUT2D eigenvalue weighted by Gasteiger charge is 2.63. The number of carbonyl (C=O) groups excluding carboxylic acids is 7. The average molecular weight is 755 g/mol. The third-order valence-corrected chi connectivity index (χ3v) is 11.3. The molecular weight excluding hydrogens is 704 g/mol. The van der Waals surface area contributed by atoms with Crippen LogP contribution in [0.5, 0.6) is 0 Å². The first-order chi connectivity index (χ1) is 25.3. The SMILES string of the molecule is C=C(C)C(=O)OC1C(=O)OCC1(C)C.C=C(C)C(=O)OC1C2CC3C(=O)OC1C3C2.C=C(C)C(=O)OC1CCOC1=O.O=C1OCCC12CC1C=CC2C1. The minimum Gasteiger partial charge on any atom is -0.465 e. The van der Waals surface area contributed by atoms with Crippen LogP contribution in [0.2, 0.25) is 0 Å². The summed E-state index contributed by atoms with van der Waals surface area (Å²) in [6.07, 6.45) is 7.92. The van der Waals surface area contributed by atoms with E-state index in [4.69, 9.17) is 28.4 Å².